The highest BCUT2D eigenvalue weighted by Crippen LogP contribution is 2.29. The van der Waals surface area contributed by atoms with Gasteiger partial charge in [0.1, 0.15) is 0 Å². The highest BCUT2D eigenvalue weighted by molar-refractivity contribution is 7.99. The van der Waals surface area contributed by atoms with Gasteiger partial charge in [-0.05, 0) is 41.8 Å². The number of hydrogen-bond acceptors (Lipinski definition) is 3. The molecule has 1 N–H and O–H groups in total. The molecule has 3 nitrogen and oxygen atoms in total. The lowest BCUT2D eigenvalue weighted by molar-refractivity contribution is -0.136. The van der Waals surface area contributed by atoms with E-state index in [1.165, 1.54) is 0 Å². The third-order valence-corrected chi connectivity index (χ3v) is 4.09. The molecule has 0 amide bonds. The summed E-state index contributed by atoms with van der Waals surface area (Å²) in [7, 11) is 0. The Bertz CT molecular complexity index is 687. The lowest BCUT2D eigenvalue weighted by Crippen LogP contribution is -1.99. The van der Waals surface area contributed by atoms with Crippen LogP contribution in [0.5, 0.6) is 0 Å². The monoisotopic (exact) mass is 297 g/mol. The van der Waals surface area contributed by atoms with Crippen LogP contribution in [0.25, 0.3) is 0 Å². The van der Waals surface area contributed by atoms with Crippen LogP contribution < -0.4 is 0 Å². The Hall–Kier alpha value is -2.25. The van der Waals surface area contributed by atoms with Gasteiger partial charge in [-0.3, -0.25) is 4.79 Å². The SMILES string of the molecule is CCc1ccc(Sc2ccc(CC(=O)O)cc2)cc1C#N. The molecular weight excluding hydrogens is 282 g/mol. The third kappa shape index (κ3) is 4.11. The van der Waals surface area contributed by atoms with E-state index in [4.69, 9.17) is 10.4 Å². The molecule has 2 rings (SSSR count). The van der Waals surface area contributed by atoms with E-state index in [9.17, 15) is 4.79 Å². The fourth-order valence-corrected chi connectivity index (χ4v) is 2.87. The van der Waals surface area contributed by atoms with Crippen molar-refractivity contribution in [2.45, 2.75) is 29.6 Å². The highest BCUT2D eigenvalue weighted by Gasteiger charge is 2.05. The summed E-state index contributed by atoms with van der Waals surface area (Å²) < 4.78 is 0. The highest BCUT2D eigenvalue weighted by atomic mass is 32.2. The zero-order valence-electron chi connectivity index (χ0n) is 11.7. The molecule has 106 valence electrons. The predicted octanol–water partition coefficient (Wildman–Crippen LogP) is 3.90. The van der Waals surface area contributed by atoms with E-state index in [0.717, 1.165) is 27.3 Å². The first-order valence-electron chi connectivity index (χ1n) is 6.64. The smallest absolute Gasteiger partial charge is 0.307 e. The molecule has 0 spiro atoms. The summed E-state index contributed by atoms with van der Waals surface area (Å²) in [4.78, 5) is 12.7. The topological polar surface area (TPSA) is 61.1 Å². The maximum atomic E-state index is 10.6. The number of aryl methyl sites for hydroxylation is 1. The van der Waals surface area contributed by atoms with Gasteiger partial charge >= 0.3 is 5.97 Å². The number of carboxylic acids is 1. The first kappa shape index (κ1) is 15.1. The summed E-state index contributed by atoms with van der Waals surface area (Å²) in [6.07, 6.45) is 0.881. The Labute approximate surface area is 128 Å². The van der Waals surface area contributed by atoms with Gasteiger partial charge in [-0.25, -0.2) is 0 Å². The van der Waals surface area contributed by atoms with E-state index < -0.39 is 5.97 Å². The van der Waals surface area contributed by atoms with Crippen LogP contribution >= 0.6 is 11.8 Å². The normalized spacial score (nSPS) is 10.1. The van der Waals surface area contributed by atoms with E-state index in [1.807, 2.05) is 49.4 Å². The van der Waals surface area contributed by atoms with Gasteiger partial charge in [0.2, 0.25) is 0 Å². The van der Waals surface area contributed by atoms with Gasteiger partial charge in [-0.2, -0.15) is 5.26 Å². The number of aliphatic carboxylic acids is 1. The van der Waals surface area contributed by atoms with E-state index in [2.05, 4.69) is 6.07 Å². The minimum Gasteiger partial charge on any atom is -0.481 e. The zero-order chi connectivity index (χ0) is 15.2. The number of nitrogens with zero attached hydrogens (tertiary/aromatic N) is 1. The molecular formula is C17H15NO2S. The molecule has 0 atom stereocenters. The van der Waals surface area contributed by atoms with Crippen LogP contribution in [0.15, 0.2) is 52.3 Å². The van der Waals surface area contributed by atoms with Crippen molar-refractivity contribution >= 4 is 17.7 Å². The molecule has 0 aliphatic rings. The molecule has 21 heavy (non-hydrogen) atoms. The van der Waals surface area contributed by atoms with Crippen molar-refractivity contribution in [3.63, 3.8) is 0 Å². The van der Waals surface area contributed by atoms with Crippen molar-refractivity contribution in [2.24, 2.45) is 0 Å². The van der Waals surface area contributed by atoms with Crippen LogP contribution in [0.1, 0.15) is 23.6 Å². The number of benzene rings is 2. The van der Waals surface area contributed by atoms with Crippen LogP contribution in [-0.4, -0.2) is 11.1 Å². The number of nitriles is 1. The fraction of sp³-hybridized carbons (Fsp3) is 0.176. The molecule has 0 saturated heterocycles. The predicted molar refractivity (Wildman–Crippen MR) is 82.4 cm³/mol. The van der Waals surface area contributed by atoms with E-state index in [-0.39, 0.29) is 6.42 Å². The van der Waals surface area contributed by atoms with Gasteiger partial charge in [0.15, 0.2) is 0 Å². The molecule has 0 heterocycles. The van der Waals surface area contributed by atoms with Gasteiger partial charge in [-0.15, -0.1) is 0 Å². The molecule has 2 aromatic rings. The third-order valence-electron chi connectivity index (χ3n) is 3.10. The second-order valence-electron chi connectivity index (χ2n) is 4.60. The summed E-state index contributed by atoms with van der Waals surface area (Å²) >= 11 is 1.57. The second-order valence-corrected chi connectivity index (χ2v) is 5.75. The number of carbonyl (C=O) groups is 1. The van der Waals surface area contributed by atoms with Gasteiger partial charge in [0.05, 0.1) is 18.1 Å². The Morgan fingerprint density at radius 3 is 2.43 bits per heavy atom. The fourth-order valence-electron chi connectivity index (χ4n) is 2.02. The van der Waals surface area contributed by atoms with Crippen LogP contribution in [0.4, 0.5) is 0 Å². The number of rotatable bonds is 5. The molecule has 0 fully saturated rings. The minimum absolute atomic E-state index is 0.0364. The molecule has 0 saturated carbocycles. The van der Waals surface area contributed by atoms with Gasteiger partial charge in [0, 0.05) is 9.79 Å². The van der Waals surface area contributed by atoms with E-state index in [1.54, 1.807) is 11.8 Å². The number of hydrogen-bond donors (Lipinski definition) is 1. The van der Waals surface area contributed by atoms with Crippen LogP contribution in [0, 0.1) is 11.3 Å². The Balaban J connectivity index is 2.15. The van der Waals surface area contributed by atoms with Crippen molar-refractivity contribution in [3.8, 4) is 6.07 Å². The van der Waals surface area contributed by atoms with Crippen molar-refractivity contribution in [3.05, 3.63) is 59.2 Å². The van der Waals surface area contributed by atoms with Crippen molar-refractivity contribution in [1.82, 2.24) is 0 Å². The first-order chi connectivity index (χ1) is 10.1. The summed E-state index contributed by atoms with van der Waals surface area (Å²) in [6, 6.07) is 15.6. The first-order valence-corrected chi connectivity index (χ1v) is 7.45. The van der Waals surface area contributed by atoms with E-state index >= 15 is 0 Å². The Morgan fingerprint density at radius 1 is 1.19 bits per heavy atom. The Kier molecular flexibility index (Phi) is 5.02. The zero-order valence-corrected chi connectivity index (χ0v) is 12.5. The number of carboxylic acid groups (broad SMARTS) is 1. The molecule has 2 aromatic carbocycles. The van der Waals surface area contributed by atoms with Crippen molar-refractivity contribution < 1.29 is 9.90 Å². The van der Waals surface area contributed by atoms with Gasteiger partial charge in [-0.1, -0.05) is 36.9 Å². The van der Waals surface area contributed by atoms with Crippen molar-refractivity contribution in [2.75, 3.05) is 0 Å². The second kappa shape index (κ2) is 6.96. The average molecular weight is 297 g/mol. The summed E-state index contributed by atoms with van der Waals surface area (Å²) in [5, 5.41) is 17.9. The molecule has 0 radical (unpaired) electrons. The molecule has 0 aromatic heterocycles. The maximum absolute atomic E-state index is 10.6. The summed E-state index contributed by atoms with van der Waals surface area (Å²) in [5.74, 6) is -0.829. The van der Waals surface area contributed by atoms with E-state index in [0.29, 0.717) is 5.56 Å². The van der Waals surface area contributed by atoms with Crippen LogP contribution in [-0.2, 0) is 17.6 Å². The average Bonchev–Trinajstić information content (AvgIpc) is 2.48. The lowest BCUT2D eigenvalue weighted by atomic mass is 10.1. The van der Waals surface area contributed by atoms with Gasteiger partial charge < -0.3 is 5.11 Å². The summed E-state index contributed by atoms with van der Waals surface area (Å²) in [6.45, 7) is 2.03. The molecule has 4 heteroatoms. The van der Waals surface area contributed by atoms with Crippen LogP contribution in [0.2, 0.25) is 0 Å². The lowest BCUT2D eigenvalue weighted by Gasteiger charge is -2.06. The van der Waals surface area contributed by atoms with Crippen LogP contribution in [0.3, 0.4) is 0 Å². The Morgan fingerprint density at radius 2 is 1.86 bits per heavy atom. The maximum Gasteiger partial charge on any atom is 0.307 e. The quantitative estimate of drug-likeness (QED) is 0.909. The summed E-state index contributed by atoms with van der Waals surface area (Å²) in [5.41, 5.74) is 2.55. The van der Waals surface area contributed by atoms with Crippen molar-refractivity contribution in [1.29, 1.82) is 5.26 Å². The minimum atomic E-state index is -0.829. The largest absolute Gasteiger partial charge is 0.481 e. The molecule has 0 aliphatic heterocycles. The standard InChI is InChI=1S/C17H15NO2S/c1-2-13-5-8-16(10-14(13)11-18)21-15-6-3-12(4-7-15)9-17(19)20/h3-8,10H,2,9H2,1H3,(H,19,20). The molecule has 0 aliphatic carbocycles. The van der Waals surface area contributed by atoms with Gasteiger partial charge in [0.25, 0.3) is 0 Å². The molecule has 0 bridgehead atoms. The molecule has 0 unspecified atom stereocenters.